The summed E-state index contributed by atoms with van der Waals surface area (Å²) >= 11 is 0. The zero-order valence-electron chi connectivity index (χ0n) is 15.4. The van der Waals surface area contributed by atoms with E-state index in [2.05, 4.69) is 15.4 Å². The van der Waals surface area contributed by atoms with Crippen LogP contribution in [-0.2, 0) is 9.53 Å². The summed E-state index contributed by atoms with van der Waals surface area (Å²) in [5, 5.41) is 15.6. The molecule has 1 atom stereocenters. The lowest BCUT2D eigenvalue weighted by molar-refractivity contribution is -0.152. The molecule has 0 spiro atoms. The topological polar surface area (TPSA) is 123 Å². The minimum atomic E-state index is -1.38. The third-order valence-corrected chi connectivity index (χ3v) is 4.87. The van der Waals surface area contributed by atoms with Gasteiger partial charge >= 0.3 is 11.9 Å². The van der Waals surface area contributed by atoms with Gasteiger partial charge in [0, 0.05) is 12.6 Å². The van der Waals surface area contributed by atoms with Crippen molar-refractivity contribution in [1.82, 2.24) is 19.9 Å². The van der Waals surface area contributed by atoms with Gasteiger partial charge in [0.05, 0.1) is 18.7 Å². The van der Waals surface area contributed by atoms with Gasteiger partial charge in [0.25, 0.3) is 5.91 Å². The molecular formula is C18H19FN4O5. The Kier molecular flexibility index (Phi) is 5.12. The molecule has 0 saturated carbocycles. The Hall–Kier alpha value is -3.30. The van der Waals surface area contributed by atoms with E-state index in [-0.39, 0.29) is 23.9 Å². The number of aromatic nitrogens is 3. The Labute approximate surface area is 159 Å². The number of allylic oxidation sites excluding steroid dienone is 1. The van der Waals surface area contributed by atoms with Crippen molar-refractivity contribution in [2.45, 2.75) is 26.2 Å². The van der Waals surface area contributed by atoms with E-state index in [4.69, 9.17) is 9.84 Å². The number of carbonyl (C=O) groups is 3. The Morgan fingerprint density at radius 3 is 2.79 bits per heavy atom. The number of aromatic carboxylic acids is 1. The molecule has 9 nitrogen and oxygen atoms in total. The molecule has 28 heavy (non-hydrogen) atoms. The number of hydrogen-bond acceptors (Lipinski definition) is 6. The highest BCUT2D eigenvalue weighted by atomic mass is 19.1. The molecule has 1 amide bonds. The van der Waals surface area contributed by atoms with Crippen LogP contribution >= 0.6 is 0 Å². The molecule has 3 rings (SSSR count). The summed E-state index contributed by atoms with van der Waals surface area (Å²) in [7, 11) is 1.35. The van der Waals surface area contributed by atoms with Crippen molar-refractivity contribution in [2.24, 2.45) is 5.41 Å². The van der Waals surface area contributed by atoms with E-state index in [1.165, 1.54) is 7.11 Å². The van der Waals surface area contributed by atoms with Crippen molar-refractivity contribution in [2.75, 3.05) is 13.7 Å². The van der Waals surface area contributed by atoms with Gasteiger partial charge < -0.3 is 15.2 Å². The third-order valence-electron chi connectivity index (χ3n) is 4.87. The number of carboxylic acid groups (broad SMARTS) is 1. The Bertz CT molecular complexity index is 999. The molecule has 1 aliphatic rings. The van der Waals surface area contributed by atoms with Crippen LogP contribution in [0.4, 0.5) is 4.39 Å². The number of carbonyl (C=O) groups excluding carboxylic acids is 2. The molecule has 0 fully saturated rings. The smallest absolute Gasteiger partial charge is 0.354 e. The van der Waals surface area contributed by atoms with Crippen LogP contribution < -0.4 is 5.32 Å². The largest absolute Gasteiger partial charge is 0.477 e. The molecule has 2 N–H and O–H groups in total. The van der Waals surface area contributed by atoms with Gasteiger partial charge in [0.1, 0.15) is 5.69 Å². The van der Waals surface area contributed by atoms with Crippen LogP contribution in [0.3, 0.4) is 0 Å². The number of ether oxygens (including phenoxy) is 1. The van der Waals surface area contributed by atoms with E-state index in [9.17, 15) is 18.8 Å². The number of nitrogens with one attached hydrogen (secondary N) is 1. The highest BCUT2D eigenvalue weighted by Gasteiger charge is 2.35. The van der Waals surface area contributed by atoms with Gasteiger partial charge in [-0.05, 0) is 26.2 Å². The third kappa shape index (κ3) is 3.57. The number of methoxy groups -OCH3 is 1. The second kappa shape index (κ2) is 7.37. The molecule has 2 heterocycles. The maximum Gasteiger partial charge on any atom is 0.354 e. The van der Waals surface area contributed by atoms with E-state index in [0.717, 1.165) is 22.4 Å². The van der Waals surface area contributed by atoms with E-state index >= 15 is 0 Å². The van der Waals surface area contributed by atoms with Crippen LogP contribution in [0.25, 0.3) is 5.65 Å². The van der Waals surface area contributed by atoms with Crippen molar-refractivity contribution < 1.29 is 28.6 Å². The summed E-state index contributed by atoms with van der Waals surface area (Å²) in [5.74, 6) is -3.09. The van der Waals surface area contributed by atoms with Crippen molar-refractivity contribution >= 4 is 23.5 Å². The summed E-state index contributed by atoms with van der Waals surface area (Å²) in [5.41, 5.74) is -0.575. The minimum absolute atomic E-state index is 0.137. The van der Waals surface area contributed by atoms with Crippen LogP contribution in [0, 0.1) is 11.2 Å². The van der Waals surface area contributed by atoms with E-state index in [1.54, 1.807) is 0 Å². The second-order valence-electron chi connectivity index (χ2n) is 6.86. The van der Waals surface area contributed by atoms with Gasteiger partial charge in [-0.2, -0.15) is 5.10 Å². The predicted octanol–water partition coefficient (Wildman–Crippen LogP) is 1.59. The number of nitrogens with zero attached hydrogens (tertiary/aromatic N) is 3. The van der Waals surface area contributed by atoms with E-state index < -0.39 is 28.8 Å². The van der Waals surface area contributed by atoms with Crippen LogP contribution in [-0.4, -0.2) is 51.2 Å². The van der Waals surface area contributed by atoms with E-state index in [0.29, 0.717) is 19.3 Å². The summed E-state index contributed by atoms with van der Waals surface area (Å²) in [6, 6.07) is 1.04. The monoisotopic (exact) mass is 390 g/mol. The summed E-state index contributed by atoms with van der Waals surface area (Å²) in [4.78, 5) is 39.3. The summed E-state index contributed by atoms with van der Waals surface area (Å²) < 4.78 is 19.5. The Morgan fingerprint density at radius 2 is 2.18 bits per heavy atom. The number of amides is 1. The number of esters is 1. The number of carboxylic acids is 1. The molecule has 0 radical (unpaired) electrons. The number of hydrogen-bond donors (Lipinski definition) is 2. The maximum absolute atomic E-state index is 13.8. The van der Waals surface area contributed by atoms with Crippen molar-refractivity contribution in [1.29, 1.82) is 0 Å². The van der Waals surface area contributed by atoms with Crippen LogP contribution in [0.5, 0.6) is 0 Å². The lowest BCUT2D eigenvalue weighted by Gasteiger charge is -2.30. The molecule has 148 valence electrons. The molecule has 0 aliphatic heterocycles. The number of halogens is 1. The average molecular weight is 390 g/mol. The molecule has 10 heteroatoms. The molecule has 1 unspecified atom stereocenters. The van der Waals surface area contributed by atoms with Crippen molar-refractivity contribution in [3.8, 4) is 0 Å². The lowest BCUT2D eigenvalue weighted by Crippen LogP contribution is -2.33. The fourth-order valence-electron chi connectivity index (χ4n) is 3.09. The van der Waals surface area contributed by atoms with Gasteiger partial charge in [-0.15, -0.1) is 0 Å². The highest BCUT2D eigenvalue weighted by Crippen LogP contribution is 2.35. The van der Waals surface area contributed by atoms with Crippen LogP contribution in [0.1, 0.15) is 47.2 Å². The Balaban J connectivity index is 1.76. The SMILES string of the molecule is COC(=O)C1(C)CC=C(CNC(=O)c2cc(C(=O)O)nc3c(F)cnn23)CC1. The maximum atomic E-state index is 13.8. The first-order chi connectivity index (χ1) is 13.2. The molecule has 2 aromatic rings. The van der Waals surface area contributed by atoms with Gasteiger partial charge in [-0.25, -0.2) is 18.7 Å². The first-order valence-corrected chi connectivity index (χ1v) is 8.57. The molecule has 2 aromatic heterocycles. The predicted molar refractivity (Wildman–Crippen MR) is 94.3 cm³/mol. The number of rotatable bonds is 5. The van der Waals surface area contributed by atoms with Gasteiger partial charge in [-0.3, -0.25) is 9.59 Å². The summed E-state index contributed by atoms with van der Waals surface area (Å²) in [6.07, 6.45) is 4.45. The minimum Gasteiger partial charge on any atom is -0.477 e. The quantitative estimate of drug-likeness (QED) is 0.587. The zero-order valence-corrected chi connectivity index (χ0v) is 15.4. The van der Waals surface area contributed by atoms with Gasteiger partial charge in [-0.1, -0.05) is 11.6 Å². The molecular weight excluding hydrogens is 371 g/mol. The van der Waals surface area contributed by atoms with E-state index in [1.807, 2.05) is 13.0 Å². The highest BCUT2D eigenvalue weighted by molar-refractivity contribution is 5.96. The summed E-state index contributed by atoms with van der Waals surface area (Å²) in [6.45, 7) is 2.05. The molecule has 1 aliphatic carbocycles. The zero-order chi connectivity index (χ0) is 20.5. The van der Waals surface area contributed by atoms with Crippen molar-refractivity contribution in [3.05, 3.63) is 41.1 Å². The van der Waals surface area contributed by atoms with Crippen molar-refractivity contribution in [3.63, 3.8) is 0 Å². The second-order valence-corrected chi connectivity index (χ2v) is 6.86. The lowest BCUT2D eigenvalue weighted by atomic mass is 9.76. The first kappa shape index (κ1) is 19.5. The first-order valence-electron chi connectivity index (χ1n) is 8.57. The van der Waals surface area contributed by atoms with Gasteiger partial charge in [0.2, 0.25) is 0 Å². The standard InChI is InChI=1S/C18H19FN4O5/c1-18(17(27)28-2)5-3-10(4-6-18)8-20-15(24)13-7-12(16(25)26)22-14-11(19)9-21-23(13)14/h3,7,9H,4-6,8H2,1-2H3,(H,20,24)(H,25,26). The average Bonchev–Trinajstić information content (AvgIpc) is 3.06. The number of fused-ring (bicyclic) bond motifs is 1. The normalized spacial score (nSPS) is 19.2. The Morgan fingerprint density at radius 1 is 1.43 bits per heavy atom. The fraction of sp³-hybridized carbons (Fsp3) is 0.389. The van der Waals surface area contributed by atoms with Crippen LogP contribution in [0.15, 0.2) is 23.9 Å². The fourth-order valence-corrected chi connectivity index (χ4v) is 3.09. The molecule has 0 bridgehead atoms. The molecule has 0 aromatic carbocycles. The van der Waals surface area contributed by atoms with Crippen LogP contribution in [0.2, 0.25) is 0 Å². The molecule has 0 saturated heterocycles. The van der Waals surface area contributed by atoms with Gasteiger partial charge in [0.15, 0.2) is 17.2 Å².